The Morgan fingerprint density at radius 2 is 1.94 bits per heavy atom. The predicted molar refractivity (Wildman–Crippen MR) is 60.7 cm³/mol. The summed E-state index contributed by atoms with van der Waals surface area (Å²) in [7, 11) is 0. The van der Waals surface area contributed by atoms with Gasteiger partial charge in [0.2, 0.25) is 0 Å². The van der Waals surface area contributed by atoms with Gasteiger partial charge in [0.1, 0.15) is 0 Å². The van der Waals surface area contributed by atoms with Crippen LogP contribution < -0.4 is 0 Å². The summed E-state index contributed by atoms with van der Waals surface area (Å²) >= 11 is 0. The van der Waals surface area contributed by atoms with Crippen LogP contribution in [0, 0.1) is 0 Å². The molecule has 0 aromatic rings. The second-order valence-electron chi connectivity index (χ2n) is 4.07. The van der Waals surface area contributed by atoms with Gasteiger partial charge in [-0.1, -0.05) is 30.4 Å². The van der Waals surface area contributed by atoms with Crippen LogP contribution in [0.3, 0.4) is 0 Å². The number of rotatable bonds is 0. The number of carbonyl (C=O) groups is 2. The van der Waals surface area contributed by atoms with Crippen LogP contribution in [0.2, 0.25) is 0 Å². The summed E-state index contributed by atoms with van der Waals surface area (Å²) in [6, 6.07) is 0. The molecule has 0 unspecified atom stereocenters. The quantitative estimate of drug-likeness (QED) is 0.574. The van der Waals surface area contributed by atoms with Crippen LogP contribution in [-0.4, -0.2) is 11.6 Å². The van der Waals surface area contributed by atoms with Crippen molar-refractivity contribution in [2.75, 3.05) is 0 Å². The first-order chi connectivity index (χ1) is 7.77. The van der Waals surface area contributed by atoms with Gasteiger partial charge in [0.05, 0.1) is 5.57 Å². The van der Waals surface area contributed by atoms with Gasteiger partial charge in [-0.25, -0.2) is 0 Å². The maximum absolute atomic E-state index is 12.1. The van der Waals surface area contributed by atoms with Crippen molar-refractivity contribution in [2.24, 2.45) is 0 Å². The van der Waals surface area contributed by atoms with Crippen molar-refractivity contribution in [3.8, 4) is 0 Å². The Balaban J connectivity index is 2.20. The summed E-state index contributed by atoms with van der Waals surface area (Å²) in [5, 5.41) is 0. The first kappa shape index (κ1) is 9.28. The number of hydrogen-bond donors (Lipinski definition) is 0. The molecule has 2 nitrogen and oxygen atoms in total. The molecule has 0 saturated heterocycles. The van der Waals surface area contributed by atoms with Crippen LogP contribution in [0.5, 0.6) is 0 Å². The van der Waals surface area contributed by atoms with Gasteiger partial charge < -0.3 is 0 Å². The summed E-state index contributed by atoms with van der Waals surface area (Å²) < 4.78 is 0. The molecule has 3 aliphatic rings. The molecule has 0 radical (unpaired) electrons. The zero-order chi connectivity index (χ0) is 11.1. The van der Waals surface area contributed by atoms with E-state index < -0.39 is 0 Å². The third kappa shape index (κ3) is 1.20. The fourth-order valence-electron chi connectivity index (χ4n) is 2.27. The van der Waals surface area contributed by atoms with Crippen molar-refractivity contribution in [3.63, 3.8) is 0 Å². The molecule has 0 N–H and O–H groups in total. The van der Waals surface area contributed by atoms with Crippen LogP contribution in [-0.2, 0) is 9.59 Å². The van der Waals surface area contributed by atoms with Crippen LogP contribution in [0.1, 0.15) is 12.8 Å². The van der Waals surface area contributed by atoms with Crippen molar-refractivity contribution in [1.82, 2.24) is 0 Å². The maximum atomic E-state index is 12.1. The van der Waals surface area contributed by atoms with E-state index in [4.69, 9.17) is 0 Å². The van der Waals surface area contributed by atoms with Gasteiger partial charge in [0.25, 0.3) is 0 Å². The number of carbonyl (C=O) groups excluding carboxylic acids is 2. The van der Waals surface area contributed by atoms with E-state index >= 15 is 0 Å². The van der Waals surface area contributed by atoms with E-state index in [9.17, 15) is 9.59 Å². The first-order valence-corrected chi connectivity index (χ1v) is 5.34. The van der Waals surface area contributed by atoms with Crippen molar-refractivity contribution in [1.29, 1.82) is 0 Å². The highest BCUT2D eigenvalue weighted by atomic mass is 16.1. The standard InChI is InChI=1S/C14H10O2/c15-12-7-3-5-10-8-9-4-1-2-6-11(9)14(16)13(10)12/h1-3,5-6,8H,4,7H2. The lowest BCUT2D eigenvalue weighted by Gasteiger charge is -2.22. The Labute approximate surface area is 93.3 Å². The summed E-state index contributed by atoms with van der Waals surface area (Å²) in [6.45, 7) is 0. The van der Waals surface area contributed by atoms with E-state index in [0.717, 1.165) is 17.6 Å². The van der Waals surface area contributed by atoms with Gasteiger partial charge >= 0.3 is 0 Å². The lowest BCUT2D eigenvalue weighted by Crippen LogP contribution is -2.22. The van der Waals surface area contributed by atoms with Gasteiger partial charge in [-0.2, -0.15) is 0 Å². The average Bonchev–Trinajstić information content (AvgIpc) is 2.29. The summed E-state index contributed by atoms with van der Waals surface area (Å²) in [5.74, 6) is -0.167. The Hall–Kier alpha value is -1.96. The molecule has 3 rings (SSSR count). The molecule has 0 aromatic heterocycles. The Morgan fingerprint density at radius 1 is 1.06 bits per heavy atom. The molecule has 0 fully saturated rings. The summed E-state index contributed by atoms with van der Waals surface area (Å²) in [5.41, 5.74) is 2.85. The van der Waals surface area contributed by atoms with E-state index in [0.29, 0.717) is 17.6 Å². The van der Waals surface area contributed by atoms with Gasteiger partial charge in [-0.3, -0.25) is 9.59 Å². The fraction of sp³-hybridized carbons (Fsp3) is 0.143. The third-order valence-electron chi connectivity index (χ3n) is 3.05. The first-order valence-electron chi connectivity index (χ1n) is 5.34. The average molecular weight is 210 g/mol. The Kier molecular flexibility index (Phi) is 1.90. The van der Waals surface area contributed by atoms with Gasteiger partial charge in [0.15, 0.2) is 11.6 Å². The van der Waals surface area contributed by atoms with Crippen molar-refractivity contribution in [3.05, 3.63) is 58.7 Å². The third-order valence-corrected chi connectivity index (χ3v) is 3.05. The van der Waals surface area contributed by atoms with E-state index in [1.165, 1.54) is 0 Å². The molecule has 78 valence electrons. The molecule has 0 aromatic carbocycles. The molecular formula is C14H10O2. The van der Waals surface area contributed by atoms with Crippen LogP contribution in [0.15, 0.2) is 58.7 Å². The molecule has 0 amide bonds. The van der Waals surface area contributed by atoms with Crippen LogP contribution >= 0.6 is 0 Å². The molecule has 0 spiro atoms. The topological polar surface area (TPSA) is 34.1 Å². The van der Waals surface area contributed by atoms with Crippen molar-refractivity contribution >= 4 is 11.6 Å². The molecule has 0 saturated carbocycles. The minimum absolute atomic E-state index is 0.0618. The maximum Gasteiger partial charge on any atom is 0.197 e. The SMILES string of the molecule is O=C1CC=CC2=C1C(=O)C1=CC=CCC1=C2. The van der Waals surface area contributed by atoms with E-state index in [1.54, 1.807) is 6.08 Å². The minimum Gasteiger partial charge on any atom is -0.294 e. The zero-order valence-corrected chi connectivity index (χ0v) is 8.69. The van der Waals surface area contributed by atoms with Crippen molar-refractivity contribution < 1.29 is 9.59 Å². The van der Waals surface area contributed by atoms with Crippen molar-refractivity contribution in [2.45, 2.75) is 12.8 Å². The molecule has 16 heavy (non-hydrogen) atoms. The van der Waals surface area contributed by atoms with E-state index in [1.807, 2.05) is 30.4 Å². The molecule has 0 bridgehead atoms. The molecule has 0 aliphatic heterocycles. The number of Topliss-reactive ketones (excluding diaryl/α,β-unsaturated/α-hetero) is 2. The number of ketones is 2. The smallest absolute Gasteiger partial charge is 0.197 e. The highest BCUT2D eigenvalue weighted by molar-refractivity contribution is 6.30. The van der Waals surface area contributed by atoms with Gasteiger partial charge in [-0.05, 0) is 23.6 Å². The minimum atomic E-state index is -0.105. The molecule has 2 heteroatoms. The largest absolute Gasteiger partial charge is 0.294 e. The Morgan fingerprint density at radius 3 is 2.81 bits per heavy atom. The molecule has 3 aliphatic carbocycles. The zero-order valence-electron chi connectivity index (χ0n) is 8.69. The normalized spacial score (nSPS) is 22.8. The lowest BCUT2D eigenvalue weighted by molar-refractivity contribution is -0.119. The summed E-state index contributed by atoms with van der Waals surface area (Å²) in [4.78, 5) is 23.9. The van der Waals surface area contributed by atoms with E-state index in [-0.39, 0.29) is 11.6 Å². The second kappa shape index (κ2) is 3.27. The highest BCUT2D eigenvalue weighted by Crippen LogP contribution is 2.33. The molecule has 0 heterocycles. The number of allylic oxidation sites excluding steroid dienone is 10. The Bertz CT molecular complexity index is 551. The lowest BCUT2D eigenvalue weighted by atomic mass is 9.79. The predicted octanol–water partition coefficient (Wildman–Crippen LogP) is 2.21. The number of fused-ring (bicyclic) bond motifs is 1. The second-order valence-corrected chi connectivity index (χ2v) is 4.07. The molecule has 0 atom stereocenters. The van der Waals surface area contributed by atoms with Gasteiger partial charge in [-0.15, -0.1) is 0 Å². The van der Waals surface area contributed by atoms with E-state index in [2.05, 4.69) is 0 Å². The number of hydrogen-bond acceptors (Lipinski definition) is 2. The highest BCUT2D eigenvalue weighted by Gasteiger charge is 2.30. The monoisotopic (exact) mass is 210 g/mol. The fourth-order valence-corrected chi connectivity index (χ4v) is 2.27. The van der Waals surface area contributed by atoms with Crippen LogP contribution in [0.25, 0.3) is 0 Å². The van der Waals surface area contributed by atoms with Crippen LogP contribution in [0.4, 0.5) is 0 Å². The summed E-state index contributed by atoms with van der Waals surface area (Å²) in [6.07, 6.45) is 12.5. The molecular weight excluding hydrogens is 200 g/mol. The van der Waals surface area contributed by atoms with Gasteiger partial charge in [0, 0.05) is 12.0 Å².